The highest BCUT2D eigenvalue weighted by molar-refractivity contribution is 5.94. The van der Waals surface area contributed by atoms with E-state index in [1.165, 1.54) is 0 Å². The molecular formula is C24H31N7O2. The van der Waals surface area contributed by atoms with E-state index < -0.39 is 0 Å². The maximum Gasteiger partial charge on any atom is 0.271 e. The van der Waals surface area contributed by atoms with E-state index >= 15 is 0 Å². The zero-order chi connectivity index (χ0) is 23.5. The number of benzene rings is 1. The van der Waals surface area contributed by atoms with Gasteiger partial charge in [0, 0.05) is 50.2 Å². The highest BCUT2D eigenvalue weighted by Crippen LogP contribution is 2.25. The van der Waals surface area contributed by atoms with Crippen molar-refractivity contribution >= 4 is 17.5 Å². The Bertz CT molecular complexity index is 1160. The molecule has 0 unspecified atom stereocenters. The van der Waals surface area contributed by atoms with E-state index in [4.69, 9.17) is 0 Å². The molecule has 9 nitrogen and oxygen atoms in total. The second-order valence-corrected chi connectivity index (χ2v) is 8.46. The zero-order valence-electron chi connectivity index (χ0n) is 19.7. The molecule has 1 fully saturated rings. The number of H-pyrrole nitrogens is 1. The Labute approximate surface area is 193 Å². The van der Waals surface area contributed by atoms with Gasteiger partial charge in [-0.3, -0.25) is 24.3 Å². The number of aromatic nitrogens is 4. The SMILES string of the molecule is CCc1ccccc1NC(=O)CN1CCN(C(=O)c2cc(-c3c(C)nn(C)c3C)n[nH]2)CC1. The van der Waals surface area contributed by atoms with Crippen LogP contribution in [-0.4, -0.2) is 74.3 Å². The number of hydrogen-bond donors (Lipinski definition) is 2. The van der Waals surface area contributed by atoms with Gasteiger partial charge in [0.15, 0.2) is 0 Å². The molecule has 1 aliphatic heterocycles. The largest absolute Gasteiger partial charge is 0.335 e. The molecule has 1 aliphatic rings. The van der Waals surface area contributed by atoms with Crippen LogP contribution in [0.1, 0.15) is 34.4 Å². The number of piperazine rings is 1. The van der Waals surface area contributed by atoms with Gasteiger partial charge in [-0.2, -0.15) is 10.2 Å². The molecule has 174 valence electrons. The molecule has 3 heterocycles. The molecule has 2 amide bonds. The molecule has 0 radical (unpaired) electrons. The van der Waals surface area contributed by atoms with Crippen molar-refractivity contribution in [3.05, 3.63) is 53.0 Å². The van der Waals surface area contributed by atoms with Gasteiger partial charge in [-0.1, -0.05) is 25.1 Å². The monoisotopic (exact) mass is 449 g/mol. The van der Waals surface area contributed by atoms with Crippen LogP contribution in [0.25, 0.3) is 11.3 Å². The summed E-state index contributed by atoms with van der Waals surface area (Å²) >= 11 is 0. The van der Waals surface area contributed by atoms with Gasteiger partial charge in [0.1, 0.15) is 5.69 Å². The Morgan fingerprint density at radius 1 is 1.12 bits per heavy atom. The lowest BCUT2D eigenvalue weighted by atomic mass is 10.1. The number of nitrogens with one attached hydrogen (secondary N) is 2. The summed E-state index contributed by atoms with van der Waals surface area (Å²) in [6, 6.07) is 9.66. The van der Waals surface area contributed by atoms with Gasteiger partial charge >= 0.3 is 0 Å². The predicted octanol–water partition coefficient (Wildman–Crippen LogP) is 2.39. The van der Waals surface area contributed by atoms with Gasteiger partial charge in [-0.05, 0) is 38.0 Å². The molecule has 0 spiro atoms. The summed E-state index contributed by atoms with van der Waals surface area (Å²) in [5, 5.41) is 14.7. The first kappa shape index (κ1) is 22.7. The summed E-state index contributed by atoms with van der Waals surface area (Å²) in [5.74, 6) is -0.106. The number of nitrogens with zero attached hydrogens (tertiary/aromatic N) is 5. The summed E-state index contributed by atoms with van der Waals surface area (Å²) in [7, 11) is 1.90. The van der Waals surface area contributed by atoms with E-state index in [2.05, 4.69) is 32.4 Å². The molecule has 0 atom stereocenters. The van der Waals surface area contributed by atoms with Crippen LogP contribution < -0.4 is 5.32 Å². The van der Waals surface area contributed by atoms with Crippen molar-refractivity contribution < 1.29 is 9.59 Å². The molecule has 1 aromatic carbocycles. The van der Waals surface area contributed by atoms with Gasteiger partial charge in [0.2, 0.25) is 5.91 Å². The third-order valence-electron chi connectivity index (χ3n) is 6.27. The van der Waals surface area contributed by atoms with Crippen molar-refractivity contribution in [2.45, 2.75) is 27.2 Å². The number of carbonyl (C=O) groups is 2. The van der Waals surface area contributed by atoms with Crippen LogP contribution in [0.15, 0.2) is 30.3 Å². The van der Waals surface area contributed by atoms with E-state index in [1.54, 1.807) is 11.0 Å². The van der Waals surface area contributed by atoms with E-state index in [-0.39, 0.29) is 11.8 Å². The molecule has 9 heteroatoms. The third kappa shape index (κ3) is 4.83. The number of aromatic amines is 1. The van der Waals surface area contributed by atoms with E-state index in [1.807, 2.05) is 49.8 Å². The minimum Gasteiger partial charge on any atom is -0.335 e. The second-order valence-electron chi connectivity index (χ2n) is 8.46. The highest BCUT2D eigenvalue weighted by atomic mass is 16.2. The Morgan fingerprint density at radius 2 is 1.85 bits per heavy atom. The normalized spacial score (nSPS) is 14.5. The molecule has 0 aliphatic carbocycles. The predicted molar refractivity (Wildman–Crippen MR) is 127 cm³/mol. The maximum absolute atomic E-state index is 13.0. The molecule has 2 N–H and O–H groups in total. The van der Waals surface area contributed by atoms with Crippen LogP contribution in [0.4, 0.5) is 5.69 Å². The number of anilines is 1. The average molecular weight is 450 g/mol. The molecule has 0 saturated carbocycles. The average Bonchev–Trinajstić information content (AvgIpc) is 3.38. The number of carbonyl (C=O) groups excluding carboxylic acids is 2. The van der Waals surface area contributed by atoms with Crippen molar-refractivity contribution in [2.75, 3.05) is 38.0 Å². The molecule has 1 saturated heterocycles. The van der Waals surface area contributed by atoms with Crippen molar-refractivity contribution in [3.63, 3.8) is 0 Å². The van der Waals surface area contributed by atoms with Gasteiger partial charge in [0.05, 0.1) is 17.9 Å². The molecule has 3 aromatic rings. The second kappa shape index (κ2) is 9.58. The molecular weight excluding hydrogens is 418 g/mol. The molecule has 4 rings (SSSR count). The fourth-order valence-electron chi connectivity index (χ4n) is 4.33. The van der Waals surface area contributed by atoms with Gasteiger partial charge < -0.3 is 10.2 Å². The summed E-state index contributed by atoms with van der Waals surface area (Å²) in [5.41, 5.74) is 6.03. The van der Waals surface area contributed by atoms with Gasteiger partial charge in [0.25, 0.3) is 5.91 Å². The summed E-state index contributed by atoms with van der Waals surface area (Å²) in [6.07, 6.45) is 0.868. The minimum atomic E-state index is -0.0751. The first-order chi connectivity index (χ1) is 15.9. The Balaban J connectivity index is 1.32. The lowest BCUT2D eigenvalue weighted by Gasteiger charge is -2.34. The van der Waals surface area contributed by atoms with Crippen LogP contribution in [0.5, 0.6) is 0 Å². The lowest BCUT2D eigenvalue weighted by Crippen LogP contribution is -2.50. The number of amides is 2. The van der Waals surface area contributed by atoms with Crippen molar-refractivity contribution in [1.29, 1.82) is 0 Å². The number of rotatable bonds is 6. The van der Waals surface area contributed by atoms with E-state index in [0.717, 1.165) is 40.3 Å². The minimum absolute atomic E-state index is 0.0314. The number of para-hydroxylation sites is 1. The first-order valence-electron chi connectivity index (χ1n) is 11.3. The molecule has 2 aromatic heterocycles. The summed E-state index contributed by atoms with van der Waals surface area (Å²) in [4.78, 5) is 29.4. The Morgan fingerprint density at radius 3 is 2.52 bits per heavy atom. The quantitative estimate of drug-likeness (QED) is 0.602. The fourth-order valence-corrected chi connectivity index (χ4v) is 4.33. The number of aryl methyl sites for hydroxylation is 3. The van der Waals surface area contributed by atoms with Crippen LogP contribution in [0.3, 0.4) is 0 Å². The third-order valence-corrected chi connectivity index (χ3v) is 6.27. The van der Waals surface area contributed by atoms with Crippen LogP contribution in [-0.2, 0) is 18.3 Å². The lowest BCUT2D eigenvalue weighted by molar-refractivity contribution is -0.117. The Hall–Kier alpha value is -3.46. The molecule has 0 bridgehead atoms. The van der Waals surface area contributed by atoms with Crippen LogP contribution in [0, 0.1) is 13.8 Å². The van der Waals surface area contributed by atoms with Gasteiger partial charge in [-0.25, -0.2) is 0 Å². The topological polar surface area (TPSA) is 99.2 Å². The summed E-state index contributed by atoms with van der Waals surface area (Å²) < 4.78 is 1.82. The van der Waals surface area contributed by atoms with E-state index in [0.29, 0.717) is 38.4 Å². The first-order valence-corrected chi connectivity index (χ1v) is 11.3. The van der Waals surface area contributed by atoms with Gasteiger partial charge in [-0.15, -0.1) is 0 Å². The van der Waals surface area contributed by atoms with Crippen molar-refractivity contribution in [3.8, 4) is 11.3 Å². The zero-order valence-corrected chi connectivity index (χ0v) is 19.7. The smallest absolute Gasteiger partial charge is 0.271 e. The fraction of sp³-hybridized carbons (Fsp3) is 0.417. The number of hydrogen-bond acceptors (Lipinski definition) is 5. The summed E-state index contributed by atoms with van der Waals surface area (Å²) in [6.45, 7) is 8.74. The van der Waals surface area contributed by atoms with Crippen molar-refractivity contribution in [2.24, 2.45) is 7.05 Å². The maximum atomic E-state index is 13.0. The van der Waals surface area contributed by atoms with E-state index in [9.17, 15) is 9.59 Å². The van der Waals surface area contributed by atoms with Crippen molar-refractivity contribution in [1.82, 2.24) is 29.8 Å². The highest BCUT2D eigenvalue weighted by Gasteiger charge is 2.25. The standard InChI is InChI=1S/C24H31N7O2/c1-5-18-8-6-7-9-19(18)25-22(32)15-30-10-12-31(13-11-30)24(33)21-14-20(26-27-21)23-16(2)28-29(4)17(23)3/h6-9,14H,5,10-13,15H2,1-4H3,(H,25,32)(H,26,27). The van der Waals surface area contributed by atoms with Crippen LogP contribution >= 0.6 is 0 Å². The molecule has 33 heavy (non-hydrogen) atoms. The van der Waals surface area contributed by atoms with Crippen LogP contribution in [0.2, 0.25) is 0 Å². The Kier molecular flexibility index (Phi) is 6.60.